The molecule has 1 amide bonds. The van der Waals surface area contributed by atoms with Crippen LogP contribution >= 0.6 is 0 Å². The van der Waals surface area contributed by atoms with Crippen LogP contribution in [0.1, 0.15) is 45.4 Å². The molecule has 5 N–H and O–H groups in total. The fraction of sp³-hybridized carbons (Fsp3) is 0.933. The fourth-order valence-corrected chi connectivity index (χ4v) is 2.12. The SMILES string of the molecule is CCCCCCCC(=O)N(C)C[C@H](O)[C@H](O)[C@H](O)[C@H](O)CO. The van der Waals surface area contributed by atoms with Gasteiger partial charge in [-0.3, -0.25) is 4.79 Å². The molecule has 4 atom stereocenters. The van der Waals surface area contributed by atoms with E-state index in [9.17, 15) is 25.2 Å². The Balaban J connectivity index is 4.11. The van der Waals surface area contributed by atoms with Crippen LogP contribution in [0.15, 0.2) is 0 Å². The van der Waals surface area contributed by atoms with E-state index in [2.05, 4.69) is 6.92 Å². The first-order chi connectivity index (χ1) is 10.3. The van der Waals surface area contributed by atoms with Gasteiger partial charge in [-0.1, -0.05) is 32.6 Å². The smallest absolute Gasteiger partial charge is 0.222 e. The number of likely N-dealkylation sites (N-methyl/N-ethyl adjacent to an activating group) is 1. The minimum atomic E-state index is -1.67. The standard InChI is InChI=1S/C15H31NO6/c1-3-4-5-6-7-8-13(20)16(2)9-11(18)14(21)15(22)12(19)10-17/h11-12,14-15,17-19,21-22H,3-10H2,1-2H3/t11-,12+,14-,15+/m0/s1. The Bertz CT molecular complexity index is 302. The van der Waals surface area contributed by atoms with Crippen molar-refractivity contribution in [2.75, 3.05) is 20.2 Å². The summed E-state index contributed by atoms with van der Waals surface area (Å²) in [5.74, 6) is -0.139. The van der Waals surface area contributed by atoms with Gasteiger partial charge in [-0.2, -0.15) is 0 Å². The second kappa shape index (κ2) is 11.8. The highest BCUT2D eigenvalue weighted by molar-refractivity contribution is 5.75. The molecule has 0 bridgehead atoms. The Labute approximate surface area is 132 Å². The zero-order chi connectivity index (χ0) is 17.1. The lowest BCUT2D eigenvalue weighted by Crippen LogP contribution is -2.49. The largest absolute Gasteiger partial charge is 0.394 e. The van der Waals surface area contributed by atoms with E-state index >= 15 is 0 Å². The van der Waals surface area contributed by atoms with Crippen molar-refractivity contribution < 1.29 is 30.3 Å². The molecule has 0 saturated heterocycles. The van der Waals surface area contributed by atoms with Crippen molar-refractivity contribution in [3.63, 3.8) is 0 Å². The molecule has 132 valence electrons. The van der Waals surface area contributed by atoms with E-state index in [1.54, 1.807) is 0 Å². The Hall–Kier alpha value is -0.730. The Morgan fingerprint density at radius 1 is 0.955 bits per heavy atom. The van der Waals surface area contributed by atoms with Crippen LogP contribution in [0.4, 0.5) is 0 Å². The molecule has 22 heavy (non-hydrogen) atoms. The van der Waals surface area contributed by atoms with Crippen LogP contribution in [0.2, 0.25) is 0 Å². The van der Waals surface area contributed by atoms with E-state index in [1.165, 1.54) is 11.9 Å². The third-order valence-electron chi connectivity index (χ3n) is 3.71. The average molecular weight is 321 g/mol. The predicted octanol–water partition coefficient (Wildman–Crippen LogP) is -0.759. The molecule has 0 rings (SSSR count). The Kier molecular flexibility index (Phi) is 11.4. The van der Waals surface area contributed by atoms with E-state index in [1.807, 2.05) is 0 Å². The van der Waals surface area contributed by atoms with Crippen LogP contribution in [0, 0.1) is 0 Å². The third-order valence-corrected chi connectivity index (χ3v) is 3.71. The van der Waals surface area contributed by atoms with Crippen LogP contribution in [0.25, 0.3) is 0 Å². The highest BCUT2D eigenvalue weighted by atomic mass is 16.4. The number of nitrogens with zero attached hydrogens (tertiary/aromatic N) is 1. The minimum absolute atomic E-state index is 0.139. The maximum atomic E-state index is 11.9. The molecule has 7 heteroatoms. The Morgan fingerprint density at radius 3 is 2.05 bits per heavy atom. The summed E-state index contributed by atoms with van der Waals surface area (Å²) in [6.07, 6.45) is -0.701. The van der Waals surface area contributed by atoms with E-state index in [-0.39, 0.29) is 12.5 Å². The molecule has 0 aromatic heterocycles. The highest BCUT2D eigenvalue weighted by Crippen LogP contribution is 2.09. The summed E-state index contributed by atoms with van der Waals surface area (Å²) in [4.78, 5) is 13.2. The maximum absolute atomic E-state index is 11.9. The lowest BCUT2D eigenvalue weighted by molar-refractivity contribution is -0.138. The highest BCUT2D eigenvalue weighted by Gasteiger charge is 2.31. The topological polar surface area (TPSA) is 121 Å². The van der Waals surface area contributed by atoms with E-state index in [0.717, 1.165) is 32.1 Å². The van der Waals surface area contributed by atoms with E-state index < -0.39 is 31.0 Å². The van der Waals surface area contributed by atoms with Crippen molar-refractivity contribution in [3.8, 4) is 0 Å². The van der Waals surface area contributed by atoms with Crippen LogP contribution in [-0.4, -0.2) is 81.0 Å². The summed E-state index contributed by atoms with van der Waals surface area (Å²) >= 11 is 0. The van der Waals surface area contributed by atoms with Crippen LogP contribution < -0.4 is 0 Å². The zero-order valence-corrected chi connectivity index (χ0v) is 13.6. The van der Waals surface area contributed by atoms with Gasteiger partial charge >= 0.3 is 0 Å². The summed E-state index contributed by atoms with van der Waals surface area (Å²) in [7, 11) is 1.51. The second-order valence-corrected chi connectivity index (χ2v) is 5.74. The molecule has 0 saturated carbocycles. The van der Waals surface area contributed by atoms with Gasteiger partial charge in [0, 0.05) is 20.0 Å². The van der Waals surface area contributed by atoms with Gasteiger partial charge in [0.05, 0.1) is 6.61 Å². The quantitative estimate of drug-likeness (QED) is 0.301. The van der Waals surface area contributed by atoms with Gasteiger partial charge in [-0.05, 0) is 6.42 Å². The number of carbonyl (C=O) groups excluding carboxylic acids is 1. The number of aliphatic hydroxyl groups excluding tert-OH is 5. The van der Waals surface area contributed by atoms with Gasteiger partial charge in [-0.25, -0.2) is 0 Å². The van der Waals surface area contributed by atoms with Crippen LogP contribution in [-0.2, 0) is 4.79 Å². The summed E-state index contributed by atoms with van der Waals surface area (Å²) < 4.78 is 0. The van der Waals surface area contributed by atoms with Gasteiger partial charge in [-0.15, -0.1) is 0 Å². The van der Waals surface area contributed by atoms with Crippen LogP contribution in [0.3, 0.4) is 0 Å². The third kappa shape index (κ3) is 8.05. The summed E-state index contributed by atoms with van der Waals surface area (Å²) in [5, 5.41) is 46.9. The Morgan fingerprint density at radius 2 is 1.50 bits per heavy atom. The molecular formula is C15H31NO6. The molecule has 0 heterocycles. The summed E-state index contributed by atoms with van der Waals surface area (Å²) in [5.41, 5.74) is 0. The predicted molar refractivity (Wildman–Crippen MR) is 82.1 cm³/mol. The number of aliphatic hydroxyl groups is 5. The molecule has 0 aliphatic heterocycles. The molecule has 0 aliphatic rings. The molecular weight excluding hydrogens is 290 g/mol. The summed E-state index contributed by atoms with van der Waals surface area (Å²) in [6, 6.07) is 0. The number of amides is 1. The van der Waals surface area contributed by atoms with Crippen molar-refractivity contribution in [1.82, 2.24) is 4.90 Å². The average Bonchev–Trinajstić information content (AvgIpc) is 2.51. The van der Waals surface area contributed by atoms with Gasteiger partial charge in [0.1, 0.15) is 24.4 Å². The second-order valence-electron chi connectivity index (χ2n) is 5.74. The van der Waals surface area contributed by atoms with Gasteiger partial charge in [0.15, 0.2) is 0 Å². The molecule has 0 spiro atoms. The lowest BCUT2D eigenvalue weighted by Gasteiger charge is -2.28. The fourth-order valence-electron chi connectivity index (χ4n) is 2.12. The van der Waals surface area contributed by atoms with E-state index in [0.29, 0.717) is 6.42 Å². The van der Waals surface area contributed by atoms with Gasteiger partial charge in [0.25, 0.3) is 0 Å². The number of rotatable bonds is 12. The van der Waals surface area contributed by atoms with E-state index in [4.69, 9.17) is 5.11 Å². The van der Waals surface area contributed by atoms with Crippen LogP contribution in [0.5, 0.6) is 0 Å². The molecule has 0 fully saturated rings. The van der Waals surface area contributed by atoms with Crippen molar-refractivity contribution in [3.05, 3.63) is 0 Å². The molecule has 0 unspecified atom stereocenters. The van der Waals surface area contributed by atoms with Gasteiger partial charge in [0.2, 0.25) is 5.91 Å². The molecule has 0 radical (unpaired) electrons. The first kappa shape index (κ1) is 21.3. The molecule has 0 aromatic rings. The van der Waals surface area contributed by atoms with Crippen molar-refractivity contribution in [1.29, 1.82) is 0 Å². The van der Waals surface area contributed by atoms with Crippen molar-refractivity contribution in [2.24, 2.45) is 0 Å². The van der Waals surface area contributed by atoms with Crippen molar-refractivity contribution in [2.45, 2.75) is 69.9 Å². The van der Waals surface area contributed by atoms with Crippen molar-refractivity contribution >= 4 is 5.91 Å². The minimum Gasteiger partial charge on any atom is -0.394 e. The zero-order valence-electron chi connectivity index (χ0n) is 13.6. The number of carbonyl (C=O) groups is 1. The first-order valence-electron chi connectivity index (χ1n) is 7.92. The number of unbranched alkanes of at least 4 members (excludes halogenated alkanes) is 4. The molecule has 0 aromatic carbocycles. The number of hydrogen-bond donors (Lipinski definition) is 5. The lowest BCUT2D eigenvalue weighted by atomic mass is 10.0. The summed E-state index contributed by atoms with van der Waals surface area (Å²) in [6.45, 7) is 1.25. The first-order valence-corrected chi connectivity index (χ1v) is 7.92. The monoisotopic (exact) mass is 321 g/mol. The normalized spacial score (nSPS) is 16.9. The number of hydrogen-bond acceptors (Lipinski definition) is 6. The molecule has 0 aliphatic carbocycles. The maximum Gasteiger partial charge on any atom is 0.222 e. The molecule has 7 nitrogen and oxygen atoms in total. The van der Waals surface area contributed by atoms with Gasteiger partial charge < -0.3 is 30.4 Å².